The van der Waals surface area contributed by atoms with Gasteiger partial charge in [-0.25, -0.2) is 4.79 Å². The number of allylic oxidation sites excluding steroid dienone is 2. The largest absolute Gasteiger partial charge is 0.462 e. The molecule has 0 unspecified atom stereocenters. The van der Waals surface area contributed by atoms with Gasteiger partial charge in [0.1, 0.15) is 0 Å². The van der Waals surface area contributed by atoms with Crippen LogP contribution in [0.3, 0.4) is 0 Å². The van der Waals surface area contributed by atoms with E-state index >= 15 is 0 Å². The number of carbonyl (C=O) groups excluding carboxylic acids is 4. The van der Waals surface area contributed by atoms with Crippen molar-refractivity contribution >= 4 is 29.4 Å². The maximum Gasteiger partial charge on any atom is 0.338 e. The number of nitrogens with one attached hydrogen (secondary N) is 1. The Morgan fingerprint density at radius 1 is 0.941 bits per heavy atom. The third-order valence-corrected chi connectivity index (χ3v) is 8.79. The van der Waals surface area contributed by atoms with E-state index in [-0.39, 0.29) is 59.3 Å². The summed E-state index contributed by atoms with van der Waals surface area (Å²) < 4.78 is 4.98. The lowest BCUT2D eigenvalue weighted by molar-refractivity contribution is -0.144. The maximum absolute atomic E-state index is 13.3. The molecule has 4 fully saturated rings. The third-order valence-electron chi connectivity index (χ3n) is 8.79. The Hall–Kier alpha value is -2.96. The number of benzene rings is 1. The first-order valence-corrected chi connectivity index (χ1v) is 12.6. The molecule has 5 aliphatic carbocycles. The first kappa shape index (κ1) is 21.6. The van der Waals surface area contributed by atoms with Crippen molar-refractivity contribution in [1.82, 2.24) is 4.90 Å². The van der Waals surface area contributed by atoms with Crippen molar-refractivity contribution < 1.29 is 23.9 Å². The maximum atomic E-state index is 13.3. The van der Waals surface area contributed by atoms with Crippen LogP contribution in [-0.2, 0) is 19.1 Å². The van der Waals surface area contributed by atoms with Gasteiger partial charge in [0.2, 0.25) is 17.7 Å². The van der Waals surface area contributed by atoms with Crippen LogP contribution in [0, 0.1) is 41.4 Å². The highest BCUT2D eigenvalue weighted by atomic mass is 16.5. The highest BCUT2D eigenvalue weighted by molar-refractivity contribution is 6.06. The number of anilines is 1. The lowest BCUT2D eigenvalue weighted by Crippen LogP contribution is -2.44. The summed E-state index contributed by atoms with van der Waals surface area (Å²) in [6, 6.07) is 6.59. The molecule has 7 rings (SSSR count). The number of amides is 3. The van der Waals surface area contributed by atoms with Gasteiger partial charge in [0.25, 0.3) is 0 Å². The van der Waals surface area contributed by atoms with Gasteiger partial charge in [-0.15, -0.1) is 0 Å². The molecule has 1 aromatic rings. The fourth-order valence-corrected chi connectivity index (χ4v) is 7.08. The van der Waals surface area contributed by atoms with E-state index in [0.29, 0.717) is 55.4 Å². The molecule has 0 aromatic heterocycles. The SMILES string of the molecule is CCOC(=O)c1ccc(NC(=O)C2CCC(N3C(=O)[C@@H]4[C@H]5C=C[C@H]([C@H]6C[C@@H]56)[C@@H]4C3=O)CC2)cc1. The molecule has 0 radical (unpaired) electrons. The predicted molar refractivity (Wildman–Crippen MR) is 123 cm³/mol. The predicted octanol–water partition coefficient (Wildman–Crippen LogP) is 3.41. The molecule has 2 bridgehead atoms. The van der Waals surface area contributed by atoms with Gasteiger partial charge in [-0.3, -0.25) is 19.3 Å². The number of nitrogens with zero attached hydrogens (tertiary/aromatic N) is 1. The van der Waals surface area contributed by atoms with Gasteiger partial charge < -0.3 is 10.1 Å². The fourth-order valence-electron chi connectivity index (χ4n) is 7.08. The molecule has 1 aromatic carbocycles. The Morgan fingerprint density at radius 3 is 2.09 bits per heavy atom. The van der Waals surface area contributed by atoms with E-state index in [0.717, 1.165) is 0 Å². The average Bonchev–Trinajstić information content (AvgIpc) is 3.63. The van der Waals surface area contributed by atoms with Crippen molar-refractivity contribution in [3.63, 3.8) is 0 Å². The summed E-state index contributed by atoms with van der Waals surface area (Å²) in [6.07, 6.45) is 8.23. The minimum absolute atomic E-state index is 0.0364. The van der Waals surface area contributed by atoms with Crippen molar-refractivity contribution in [3.05, 3.63) is 42.0 Å². The summed E-state index contributed by atoms with van der Waals surface area (Å²) in [5, 5.41) is 2.94. The van der Waals surface area contributed by atoms with Crippen LogP contribution >= 0.6 is 0 Å². The molecule has 34 heavy (non-hydrogen) atoms. The summed E-state index contributed by atoms with van der Waals surface area (Å²) >= 11 is 0. The summed E-state index contributed by atoms with van der Waals surface area (Å²) in [5.41, 5.74) is 1.08. The monoisotopic (exact) mass is 462 g/mol. The molecule has 6 atom stereocenters. The van der Waals surface area contributed by atoms with Crippen molar-refractivity contribution in [1.29, 1.82) is 0 Å². The van der Waals surface area contributed by atoms with Crippen molar-refractivity contribution in [2.75, 3.05) is 11.9 Å². The topological polar surface area (TPSA) is 92.8 Å². The lowest BCUT2D eigenvalue weighted by atomic mass is 9.63. The Morgan fingerprint density at radius 2 is 1.53 bits per heavy atom. The summed E-state index contributed by atoms with van der Waals surface area (Å²) in [6.45, 7) is 2.07. The molecule has 3 saturated carbocycles. The summed E-state index contributed by atoms with van der Waals surface area (Å²) in [4.78, 5) is 52.9. The van der Waals surface area contributed by atoms with Gasteiger partial charge >= 0.3 is 5.97 Å². The summed E-state index contributed by atoms with van der Waals surface area (Å²) in [7, 11) is 0. The Balaban J connectivity index is 1.06. The number of likely N-dealkylation sites (tertiary alicyclic amines) is 1. The number of carbonyl (C=O) groups is 4. The van der Waals surface area contributed by atoms with Crippen LogP contribution < -0.4 is 5.32 Å². The molecule has 6 aliphatic rings. The fraction of sp³-hybridized carbons (Fsp3) is 0.556. The minimum Gasteiger partial charge on any atom is -0.462 e. The average molecular weight is 463 g/mol. The van der Waals surface area contributed by atoms with Crippen LogP contribution in [0.25, 0.3) is 0 Å². The quantitative estimate of drug-likeness (QED) is 0.411. The molecule has 1 saturated heterocycles. The van der Waals surface area contributed by atoms with Crippen molar-refractivity contribution in [2.24, 2.45) is 41.4 Å². The van der Waals surface area contributed by atoms with Crippen LogP contribution in [0.1, 0.15) is 49.4 Å². The second-order valence-electron chi connectivity index (χ2n) is 10.5. The first-order valence-electron chi connectivity index (χ1n) is 12.6. The third kappa shape index (κ3) is 3.31. The van der Waals surface area contributed by atoms with E-state index in [1.165, 1.54) is 6.42 Å². The number of hydrogen-bond acceptors (Lipinski definition) is 5. The molecule has 1 N–H and O–H groups in total. The zero-order valence-electron chi connectivity index (χ0n) is 19.3. The first-order chi connectivity index (χ1) is 16.5. The standard InChI is InChI=1S/C27H30N2O5/c1-2-34-27(33)15-3-7-16(8-4-15)28-24(30)14-5-9-17(10-6-14)29-25(31)22-18-11-12-19(21-13-20(18)21)23(22)26(29)32/h3-4,7-8,11-12,14,17-23H,2,5-6,9-10,13H2,1H3,(H,28,30)/t14?,17?,18-,19+,20-,21+,22+,23-. The summed E-state index contributed by atoms with van der Waals surface area (Å²) in [5.74, 6) is 0.901. The van der Waals surface area contributed by atoms with E-state index in [1.807, 2.05) is 0 Å². The van der Waals surface area contributed by atoms with E-state index in [2.05, 4.69) is 17.5 Å². The molecule has 1 aliphatic heterocycles. The van der Waals surface area contributed by atoms with Crippen LogP contribution in [0.15, 0.2) is 36.4 Å². The second kappa shape index (κ2) is 8.07. The van der Waals surface area contributed by atoms with Crippen LogP contribution in [0.2, 0.25) is 0 Å². The molecule has 178 valence electrons. The molecule has 0 spiro atoms. The molecule has 1 heterocycles. The van der Waals surface area contributed by atoms with E-state index < -0.39 is 0 Å². The number of rotatable bonds is 5. The highest BCUT2D eigenvalue weighted by Crippen LogP contribution is 2.65. The van der Waals surface area contributed by atoms with Crippen LogP contribution in [0.5, 0.6) is 0 Å². The Kier molecular flexibility index (Phi) is 5.12. The second-order valence-corrected chi connectivity index (χ2v) is 10.5. The van der Waals surface area contributed by atoms with Gasteiger partial charge in [0.05, 0.1) is 24.0 Å². The van der Waals surface area contributed by atoms with Gasteiger partial charge in [-0.2, -0.15) is 0 Å². The van der Waals surface area contributed by atoms with E-state index in [1.54, 1.807) is 36.1 Å². The smallest absolute Gasteiger partial charge is 0.338 e. The van der Waals surface area contributed by atoms with E-state index in [9.17, 15) is 19.2 Å². The number of hydrogen-bond donors (Lipinski definition) is 1. The Labute approximate surface area is 198 Å². The van der Waals surface area contributed by atoms with E-state index in [4.69, 9.17) is 4.74 Å². The van der Waals surface area contributed by atoms with Gasteiger partial charge in [0, 0.05) is 17.6 Å². The lowest BCUT2D eigenvalue weighted by Gasteiger charge is -2.37. The van der Waals surface area contributed by atoms with Crippen molar-refractivity contribution in [2.45, 2.75) is 45.1 Å². The number of esters is 1. The molecule has 7 heteroatoms. The molecule has 7 nitrogen and oxygen atoms in total. The van der Waals surface area contributed by atoms with Gasteiger partial charge in [-0.1, -0.05) is 12.2 Å². The number of imide groups is 1. The normalized spacial score (nSPS) is 37.3. The van der Waals surface area contributed by atoms with Gasteiger partial charge in [-0.05, 0) is 87.0 Å². The zero-order valence-corrected chi connectivity index (χ0v) is 19.3. The molecular weight excluding hydrogens is 432 g/mol. The Bertz CT molecular complexity index is 1030. The van der Waals surface area contributed by atoms with Crippen LogP contribution in [-0.4, -0.2) is 41.2 Å². The van der Waals surface area contributed by atoms with Gasteiger partial charge in [0.15, 0.2) is 0 Å². The van der Waals surface area contributed by atoms with Crippen molar-refractivity contribution in [3.8, 4) is 0 Å². The minimum atomic E-state index is -0.384. The number of ether oxygens (including phenoxy) is 1. The molecular formula is C27H30N2O5. The highest BCUT2D eigenvalue weighted by Gasteiger charge is 2.67. The van der Waals surface area contributed by atoms with Crippen LogP contribution in [0.4, 0.5) is 5.69 Å². The molecule has 3 amide bonds. The zero-order chi connectivity index (χ0) is 23.6.